The van der Waals surface area contributed by atoms with Crippen molar-refractivity contribution in [3.8, 4) is 0 Å². The van der Waals surface area contributed by atoms with Crippen LogP contribution >= 0.6 is 34.8 Å². The fourth-order valence-corrected chi connectivity index (χ4v) is 4.82. The van der Waals surface area contributed by atoms with Crippen molar-refractivity contribution < 1.29 is 26.4 Å². The predicted octanol–water partition coefficient (Wildman–Crippen LogP) is 5.89. The largest absolute Gasteiger partial charge is 0.322 e. The molecule has 0 fully saturated rings. The van der Waals surface area contributed by atoms with E-state index in [9.17, 15) is 26.4 Å². The summed E-state index contributed by atoms with van der Waals surface area (Å²) < 4.78 is 67.8. The average molecular weight is 538 g/mol. The number of amides is 1. The lowest BCUT2D eigenvalue weighted by Gasteiger charge is -2.23. The van der Waals surface area contributed by atoms with Gasteiger partial charge in [0.15, 0.2) is 17.5 Å². The van der Waals surface area contributed by atoms with E-state index in [2.05, 4.69) is 0 Å². The number of nitrogens with zero attached hydrogens (tertiary/aromatic N) is 1. The molecule has 0 unspecified atom stereocenters. The van der Waals surface area contributed by atoms with E-state index in [0.717, 1.165) is 10.4 Å². The molecule has 0 saturated heterocycles. The molecule has 0 aliphatic carbocycles. The van der Waals surface area contributed by atoms with Crippen molar-refractivity contribution >= 4 is 56.4 Å². The highest BCUT2D eigenvalue weighted by Gasteiger charge is 2.29. The van der Waals surface area contributed by atoms with Gasteiger partial charge in [0.2, 0.25) is 15.9 Å². The Kier molecular flexibility index (Phi) is 7.92. The van der Waals surface area contributed by atoms with Gasteiger partial charge in [-0.05, 0) is 48.5 Å². The second kappa shape index (κ2) is 10.3. The monoisotopic (exact) mass is 536 g/mol. The van der Waals surface area contributed by atoms with E-state index in [1.165, 1.54) is 36.4 Å². The summed E-state index contributed by atoms with van der Waals surface area (Å²) in [5.41, 5.74) is -0.427. The minimum atomic E-state index is -4.29. The van der Waals surface area contributed by atoms with Crippen LogP contribution in [0.3, 0.4) is 0 Å². The van der Waals surface area contributed by atoms with E-state index in [1.54, 1.807) is 6.07 Å². The Balaban J connectivity index is 1.95. The SMILES string of the molecule is O=C(CN(Cc1c(Cl)cccc1Cl)S(=O)(=O)c1ccc(Cl)cc1)Nc1ccc(F)c(F)c1F. The van der Waals surface area contributed by atoms with Gasteiger partial charge in [-0.2, -0.15) is 4.31 Å². The molecule has 0 spiro atoms. The molecule has 0 bridgehead atoms. The summed E-state index contributed by atoms with van der Waals surface area (Å²) in [7, 11) is -4.29. The van der Waals surface area contributed by atoms with Gasteiger partial charge in [0.25, 0.3) is 0 Å². The topological polar surface area (TPSA) is 66.5 Å². The Bertz CT molecular complexity index is 1290. The number of hydrogen-bond donors (Lipinski definition) is 1. The molecule has 0 heterocycles. The van der Waals surface area contributed by atoms with Crippen molar-refractivity contribution in [3.05, 3.63) is 92.7 Å². The van der Waals surface area contributed by atoms with Crippen LogP contribution in [0.2, 0.25) is 15.1 Å². The fourth-order valence-electron chi connectivity index (χ4n) is 2.81. The van der Waals surface area contributed by atoms with Crippen molar-refractivity contribution in [2.45, 2.75) is 11.4 Å². The molecule has 5 nitrogen and oxygen atoms in total. The Labute approximate surface area is 202 Å². The molecule has 0 aliphatic heterocycles. The van der Waals surface area contributed by atoms with Gasteiger partial charge in [0, 0.05) is 27.2 Å². The number of sulfonamides is 1. The quantitative estimate of drug-likeness (QED) is 0.382. The molecular formula is C21H14Cl3F3N2O3S. The van der Waals surface area contributed by atoms with E-state index < -0.39 is 52.2 Å². The number of rotatable bonds is 7. The van der Waals surface area contributed by atoms with Crippen LogP contribution in [0.5, 0.6) is 0 Å². The number of hydrogen-bond acceptors (Lipinski definition) is 3. The first kappa shape index (κ1) is 25.3. The maximum Gasteiger partial charge on any atom is 0.243 e. The minimum Gasteiger partial charge on any atom is -0.322 e. The van der Waals surface area contributed by atoms with Crippen LogP contribution < -0.4 is 5.32 Å². The van der Waals surface area contributed by atoms with E-state index in [4.69, 9.17) is 34.8 Å². The van der Waals surface area contributed by atoms with Gasteiger partial charge in [-0.1, -0.05) is 40.9 Å². The van der Waals surface area contributed by atoms with E-state index in [1.807, 2.05) is 5.32 Å². The molecule has 3 aromatic carbocycles. The average Bonchev–Trinajstić information content (AvgIpc) is 2.76. The van der Waals surface area contributed by atoms with E-state index in [0.29, 0.717) is 11.1 Å². The zero-order valence-corrected chi connectivity index (χ0v) is 19.5. The van der Waals surface area contributed by atoms with Gasteiger partial charge in [0.1, 0.15) is 0 Å². The maximum atomic E-state index is 13.9. The Morgan fingerprint density at radius 2 is 1.48 bits per heavy atom. The molecular weight excluding hydrogens is 524 g/mol. The summed E-state index contributed by atoms with van der Waals surface area (Å²) in [6, 6.07) is 11.2. The molecule has 0 aromatic heterocycles. The number of anilines is 1. The van der Waals surface area contributed by atoms with Crippen LogP contribution in [0.4, 0.5) is 18.9 Å². The predicted molar refractivity (Wildman–Crippen MR) is 120 cm³/mol. The molecule has 1 N–H and O–H groups in total. The molecule has 0 atom stereocenters. The molecule has 0 aliphatic rings. The van der Waals surface area contributed by atoms with Crippen LogP contribution in [0.15, 0.2) is 59.5 Å². The molecule has 33 heavy (non-hydrogen) atoms. The van der Waals surface area contributed by atoms with Crippen LogP contribution in [-0.4, -0.2) is 25.2 Å². The first-order valence-corrected chi connectivity index (χ1v) is 11.7. The Morgan fingerprint density at radius 3 is 2.09 bits per heavy atom. The number of nitrogens with one attached hydrogen (secondary N) is 1. The Hall–Kier alpha value is -2.30. The number of carbonyl (C=O) groups excluding carboxylic acids is 1. The second-order valence-electron chi connectivity index (χ2n) is 6.70. The molecule has 0 radical (unpaired) electrons. The van der Waals surface area contributed by atoms with E-state index in [-0.39, 0.29) is 20.5 Å². The standard InChI is InChI=1S/C21H14Cl3F3N2O3S/c22-12-4-6-13(7-5-12)33(31,32)29(10-14-15(23)2-1-3-16(14)24)11-19(30)28-18-9-8-17(25)20(26)21(18)27/h1-9H,10-11H2,(H,28,30). The Morgan fingerprint density at radius 1 is 0.879 bits per heavy atom. The minimum absolute atomic E-state index is 0.158. The van der Waals surface area contributed by atoms with Gasteiger partial charge >= 0.3 is 0 Å². The van der Waals surface area contributed by atoms with Gasteiger partial charge in [-0.15, -0.1) is 0 Å². The molecule has 12 heteroatoms. The third-order valence-corrected chi connectivity index (χ3v) is 7.24. The zero-order valence-electron chi connectivity index (χ0n) is 16.5. The number of benzene rings is 3. The van der Waals surface area contributed by atoms with Crippen LogP contribution in [0.1, 0.15) is 5.56 Å². The fraction of sp³-hybridized carbons (Fsp3) is 0.0952. The lowest BCUT2D eigenvalue weighted by Crippen LogP contribution is -2.38. The van der Waals surface area contributed by atoms with Gasteiger partial charge < -0.3 is 5.32 Å². The summed E-state index contributed by atoms with van der Waals surface area (Å²) in [6.07, 6.45) is 0. The number of carbonyl (C=O) groups is 1. The molecule has 3 aromatic rings. The maximum absolute atomic E-state index is 13.9. The third-order valence-electron chi connectivity index (χ3n) is 4.48. The molecule has 174 valence electrons. The van der Waals surface area contributed by atoms with Crippen LogP contribution in [0.25, 0.3) is 0 Å². The number of halogens is 6. The summed E-state index contributed by atoms with van der Waals surface area (Å²) in [5, 5.41) is 2.65. The summed E-state index contributed by atoms with van der Waals surface area (Å²) in [4.78, 5) is 12.4. The van der Waals surface area contributed by atoms with Crippen molar-refractivity contribution in [1.29, 1.82) is 0 Å². The van der Waals surface area contributed by atoms with E-state index >= 15 is 0 Å². The summed E-state index contributed by atoms with van der Waals surface area (Å²) in [6.45, 7) is -1.22. The van der Waals surface area contributed by atoms with Gasteiger partial charge in [0.05, 0.1) is 17.1 Å². The normalized spacial score (nSPS) is 11.6. The third kappa shape index (κ3) is 5.80. The zero-order chi connectivity index (χ0) is 24.3. The summed E-state index contributed by atoms with van der Waals surface area (Å²) in [5.74, 6) is -5.85. The lowest BCUT2D eigenvalue weighted by molar-refractivity contribution is -0.116. The van der Waals surface area contributed by atoms with Crippen molar-refractivity contribution in [2.24, 2.45) is 0 Å². The second-order valence-corrected chi connectivity index (χ2v) is 9.89. The molecule has 0 saturated carbocycles. The first-order chi connectivity index (χ1) is 15.5. The lowest BCUT2D eigenvalue weighted by atomic mass is 10.2. The van der Waals surface area contributed by atoms with Crippen LogP contribution in [-0.2, 0) is 21.4 Å². The highest BCUT2D eigenvalue weighted by atomic mass is 35.5. The summed E-state index contributed by atoms with van der Waals surface area (Å²) >= 11 is 18.1. The molecule has 1 amide bonds. The van der Waals surface area contributed by atoms with Crippen molar-refractivity contribution in [3.63, 3.8) is 0 Å². The highest BCUT2D eigenvalue weighted by Crippen LogP contribution is 2.29. The van der Waals surface area contributed by atoms with Crippen LogP contribution in [0, 0.1) is 17.5 Å². The van der Waals surface area contributed by atoms with Crippen molar-refractivity contribution in [1.82, 2.24) is 4.31 Å². The highest BCUT2D eigenvalue weighted by molar-refractivity contribution is 7.89. The smallest absolute Gasteiger partial charge is 0.243 e. The molecule has 3 rings (SSSR count). The van der Waals surface area contributed by atoms with Gasteiger partial charge in [-0.3, -0.25) is 4.79 Å². The van der Waals surface area contributed by atoms with Crippen molar-refractivity contribution in [2.75, 3.05) is 11.9 Å². The first-order valence-electron chi connectivity index (χ1n) is 9.12. The van der Waals surface area contributed by atoms with Gasteiger partial charge in [-0.25, -0.2) is 21.6 Å².